The smallest absolute Gasteiger partial charge is 0.365 e. The molecule has 0 aliphatic carbocycles. The van der Waals surface area contributed by atoms with Gasteiger partial charge in [0, 0.05) is 0 Å². The van der Waals surface area contributed by atoms with Crippen LogP contribution in [0.2, 0.25) is 10.4 Å². The Bertz CT molecular complexity index is 953. The third-order valence-electron chi connectivity index (χ3n) is 3.90. The number of aliphatic hydroxyl groups excluding tert-OH is 2. The monoisotopic (exact) mass is 458 g/mol. The average Bonchev–Trinajstić information content (AvgIpc) is 3.09. The SMILES string of the molecule is O=C(O)C(OC[C@H]1O[C@@H](n2cnc3c(Cl)nc(Cl)nc32)[C@H](O)[C@H]1O)P(=O)(O)O. The van der Waals surface area contributed by atoms with Crippen LogP contribution in [0.3, 0.4) is 0 Å². The molecule has 1 fully saturated rings. The van der Waals surface area contributed by atoms with E-state index in [2.05, 4.69) is 15.0 Å². The van der Waals surface area contributed by atoms with E-state index in [1.165, 1.54) is 10.9 Å². The predicted octanol–water partition coefficient (Wildman–Crippen LogP) is -0.643. The molecule has 3 rings (SSSR count). The van der Waals surface area contributed by atoms with Crippen molar-refractivity contribution in [2.75, 3.05) is 6.61 Å². The van der Waals surface area contributed by atoms with E-state index >= 15 is 0 Å². The molecule has 5 N–H and O–H groups in total. The van der Waals surface area contributed by atoms with Crippen LogP contribution in [0, 0.1) is 0 Å². The number of carboxylic acid groups (broad SMARTS) is 1. The van der Waals surface area contributed by atoms with E-state index < -0.39 is 50.6 Å². The second-order valence-corrected chi connectivity index (χ2v) is 8.11. The number of carbonyl (C=O) groups is 1. The minimum Gasteiger partial charge on any atom is -0.479 e. The minimum absolute atomic E-state index is 0.0485. The molecule has 0 spiro atoms. The van der Waals surface area contributed by atoms with E-state index in [0.29, 0.717) is 0 Å². The molecule has 0 amide bonds. The number of hydrogen-bond donors (Lipinski definition) is 5. The lowest BCUT2D eigenvalue weighted by Gasteiger charge is -2.19. The van der Waals surface area contributed by atoms with Crippen molar-refractivity contribution in [3.8, 4) is 0 Å². The summed E-state index contributed by atoms with van der Waals surface area (Å²) >= 11 is 11.7. The number of ether oxygens (including phenoxy) is 2. The molecule has 0 saturated carbocycles. The number of aliphatic carboxylic acids is 1. The van der Waals surface area contributed by atoms with Gasteiger partial charge in [-0.15, -0.1) is 0 Å². The Morgan fingerprint density at radius 3 is 2.61 bits per heavy atom. The van der Waals surface area contributed by atoms with Crippen molar-refractivity contribution in [1.29, 1.82) is 0 Å². The van der Waals surface area contributed by atoms with Crippen LogP contribution >= 0.6 is 30.8 Å². The summed E-state index contributed by atoms with van der Waals surface area (Å²) in [5, 5.41) is 29.0. The fourth-order valence-corrected chi connectivity index (χ4v) is 3.63. The summed E-state index contributed by atoms with van der Waals surface area (Å²) in [4.78, 5) is 40.6. The quantitative estimate of drug-likeness (QED) is 0.208. The van der Waals surface area contributed by atoms with Gasteiger partial charge in [-0.05, 0) is 11.6 Å². The van der Waals surface area contributed by atoms with Gasteiger partial charge in [-0.25, -0.2) is 14.8 Å². The van der Waals surface area contributed by atoms with Gasteiger partial charge >= 0.3 is 13.6 Å². The highest BCUT2D eigenvalue weighted by atomic mass is 35.5. The van der Waals surface area contributed by atoms with Crippen LogP contribution in [0.1, 0.15) is 6.23 Å². The minimum atomic E-state index is -5.11. The van der Waals surface area contributed by atoms with Crippen molar-refractivity contribution in [3.63, 3.8) is 0 Å². The summed E-state index contributed by atoms with van der Waals surface area (Å²) in [6.45, 7) is -0.722. The molecule has 0 aromatic carbocycles. The Labute approximate surface area is 165 Å². The first-order valence-corrected chi connectivity index (χ1v) is 9.91. The van der Waals surface area contributed by atoms with Crippen molar-refractivity contribution in [2.45, 2.75) is 30.4 Å². The Morgan fingerprint density at radius 2 is 2.00 bits per heavy atom. The second-order valence-electron chi connectivity index (χ2n) is 5.77. The molecule has 154 valence electrons. The van der Waals surface area contributed by atoms with Crippen LogP contribution in [0.4, 0.5) is 0 Å². The number of imidazole rings is 1. The highest BCUT2D eigenvalue weighted by Gasteiger charge is 2.46. The topological polar surface area (TPSA) is 197 Å². The van der Waals surface area contributed by atoms with Crippen LogP contribution in [-0.4, -0.2) is 81.4 Å². The highest BCUT2D eigenvalue weighted by molar-refractivity contribution is 7.53. The first-order chi connectivity index (χ1) is 13.0. The van der Waals surface area contributed by atoms with Crippen LogP contribution in [-0.2, 0) is 18.8 Å². The maximum Gasteiger partial charge on any atom is 0.365 e. The number of aromatic nitrogens is 4. The number of aliphatic hydroxyl groups is 2. The van der Waals surface area contributed by atoms with Gasteiger partial charge in [0.05, 0.1) is 12.9 Å². The van der Waals surface area contributed by atoms with E-state index in [0.717, 1.165) is 0 Å². The molecule has 2 aromatic rings. The van der Waals surface area contributed by atoms with Gasteiger partial charge < -0.3 is 34.6 Å². The van der Waals surface area contributed by atoms with Crippen LogP contribution < -0.4 is 0 Å². The Kier molecular flexibility index (Phi) is 5.92. The maximum atomic E-state index is 11.2. The van der Waals surface area contributed by atoms with Crippen molar-refractivity contribution >= 4 is 47.9 Å². The lowest BCUT2D eigenvalue weighted by molar-refractivity contribution is -0.149. The number of halogens is 2. The Morgan fingerprint density at radius 1 is 1.32 bits per heavy atom. The third-order valence-corrected chi connectivity index (χ3v) is 5.31. The lowest BCUT2D eigenvalue weighted by atomic mass is 10.1. The van der Waals surface area contributed by atoms with E-state index in [9.17, 15) is 19.6 Å². The van der Waals surface area contributed by atoms with E-state index in [1.807, 2.05) is 0 Å². The van der Waals surface area contributed by atoms with E-state index in [4.69, 9.17) is 47.6 Å². The van der Waals surface area contributed by atoms with Gasteiger partial charge in [0.25, 0.3) is 5.85 Å². The molecule has 1 saturated heterocycles. The summed E-state index contributed by atoms with van der Waals surface area (Å²) in [6, 6.07) is 0. The lowest BCUT2D eigenvalue weighted by Crippen LogP contribution is -2.36. The summed E-state index contributed by atoms with van der Waals surface area (Å²) in [5.41, 5.74) is 0.255. The number of rotatable bonds is 6. The number of hydrogen-bond acceptors (Lipinski definition) is 9. The Hall–Kier alpha value is -1.41. The van der Waals surface area contributed by atoms with Crippen LogP contribution in [0.15, 0.2) is 6.33 Å². The second kappa shape index (κ2) is 7.78. The standard InChI is InChI=1S/C12H13Cl2N4O9P/c13-7-4-8(17-12(14)16-7)18(2-15-4)9-6(20)5(19)3(27-9)1-26-11(10(21)22)28(23,24)25/h2-3,5-6,9,11,19-20H,1H2,(H,21,22)(H2,23,24,25)/t3-,5+,6-,9-,11?/m1/s1. The largest absolute Gasteiger partial charge is 0.479 e. The number of nitrogens with zero attached hydrogens (tertiary/aromatic N) is 4. The van der Waals surface area contributed by atoms with E-state index in [-0.39, 0.29) is 21.6 Å². The van der Waals surface area contributed by atoms with Crippen molar-refractivity contribution in [2.24, 2.45) is 0 Å². The molecule has 16 heteroatoms. The summed E-state index contributed by atoms with van der Waals surface area (Å²) in [5.74, 6) is -4.33. The Balaban J connectivity index is 1.81. The van der Waals surface area contributed by atoms with Crippen molar-refractivity contribution in [3.05, 3.63) is 16.8 Å². The molecule has 3 heterocycles. The summed E-state index contributed by atoms with van der Waals surface area (Å²) < 4.78 is 22.6. The first kappa shape index (κ1) is 21.3. The number of fused-ring (bicyclic) bond motifs is 1. The highest BCUT2D eigenvalue weighted by Crippen LogP contribution is 2.42. The molecule has 0 radical (unpaired) electrons. The normalized spacial score (nSPS) is 26.6. The van der Waals surface area contributed by atoms with Gasteiger partial charge in [-0.2, -0.15) is 4.98 Å². The van der Waals surface area contributed by atoms with Crippen LogP contribution in [0.25, 0.3) is 11.2 Å². The zero-order chi connectivity index (χ0) is 20.8. The van der Waals surface area contributed by atoms with Gasteiger partial charge in [0.15, 0.2) is 17.0 Å². The summed E-state index contributed by atoms with van der Waals surface area (Å²) in [7, 11) is -5.11. The molecular weight excluding hydrogens is 446 g/mol. The fourth-order valence-electron chi connectivity index (χ4n) is 2.64. The fraction of sp³-hybridized carbons (Fsp3) is 0.500. The van der Waals surface area contributed by atoms with Crippen LogP contribution in [0.5, 0.6) is 0 Å². The van der Waals surface area contributed by atoms with Crippen molar-refractivity contribution in [1.82, 2.24) is 19.5 Å². The maximum absolute atomic E-state index is 11.2. The average molecular weight is 459 g/mol. The van der Waals surface area contributed by atoms with Crippen molar-refractivity contribution < 1.29 is 43.9 Å². The van der Waals surface area contributed by atoms with E-state index in [1.54, 1.807) is 0 Å². The molecule has 13 nitrogen and oxygen atoms in total. The molecule has 2 aromatic heterocycles. The third kappa shape index (κ3) is 3.99. The molecule has 1 aliphatic heterocycles. The van der Waals surface area contributed by atoms with Gasteiger partial charge in [-0.3, -0.25) is 9.13 Å². The summed E-state index contributed by atoms with van der Waals surface area (Å²) in [6.07, 6.45) is -4.44. The molecule has 28 heavy (non-hydrogen) atoms. The van der Waals surface area contributed by atoms with Gasteiger partial charge in [0.1, 0.15) is 23.8 Å². The zero-order valence-electron chi connectivity index (χ0n) is 13.5. The van der Waals surface area contributed by atoms with Gasteiger partial charge in [0.2, 0.25) is 5.28 Å². The zero-order valence-corrected chi connectivity index (χ0v) is 15.9. The molecular formula is C12H13Cl2N4O9P. The first-order valence-electron chi connectivity index (χ1n) is 7.47. The molecule has 1 aliphatic rings. The molecule has 0 bridgehead atoms. The number of carboxylic acids is 1. The predicted molar refractivity (Wildman–Crippen MR) is 90.7 cm³/mol. The molecule has 5 atom stereocenters. The molecule has 1 unspecified atom stereocenters. The van der Waals surface area contributed by atoms with Gasteiger partial charge in [-0.1, -0.05) is 11.6 Å².